The minimum Gasteiger partial charge on any atom is -0.462 e. The third-order valence-corrected chi connectivity index (χ3v) is 11.8. The number of hydrogen-bond acceptors (Lipinski definition) is 4. The first-order chi connectivity index (χ1) is 18.6. The van der Waals surface area contributed by atoms with Crippen molar-refractivity contribution < 1.29 is 14.3 Å². The van der Waals surface area contributed by atoms with E-state index in [1.165, 1.54) is 19.3 Å². The van der Waals surface area contributed by atoms with Crippen molar-refractivity contribution in [2.75, 3.05) is 29.7 Å². The van der Waals surface area contributed by atoms with E-state index in [4.69, 9.17) is 27.9 Å². The number of nitrogens with one attached hydrogen (secondary N) is 1. The van der Waals surface area contributed by atoms with Crippen LogP contribution in [0.15, 0.2) is 24.3 Å². The molecule has 1 aromatic rings. The zero-order valence-electron chi connectivity index (χ0n) is 23.9. The Morgan fingerprint density at radius 3 is 2.38 bits per heavy atom. The van der Waals surface area contributed by atoms with Crippen molar-refractivity contribution in [1.82, 2.24) is 5.32 Å². The van der Waals surface area contributed by atoms with Gasteiger partial charge in [0.15, 0.2) is 0 Å². The summed E-state index contributed by atoms with van der Waals surface area (Å²) < 4.78 is 6.13. The van der Waals surface area contributed by atoms with Crippen LogP contribution >= 0.6 is 23.2 Å². The SMILES string of the molecule is C[C@@]12CC[C@H]3[C@@H]4CCC(=O)N[C@@]4(C)CC[C@@H]3[C@@]1(C)CC[C@H](OC(=O)Cc1ccc(N(CCCl)CCCl)cc1)C2. The van der Waals surface area contributed by atoms with Crippen molar-refractivity contribution in [2.24, 2.45) is 28.6 Å². The average Bonchev–Trinajstić information content (AvgIpc) is 2.89. The van der Waals surface area contributed by atoms with E-state index in [0.717, 1.165) is 56.4 Å². The smallest absolute Gasteiger partial charge is 0.310 e. The largest absolute Gasteiger partial charge is 0.462 e. The number of ether oxygens (including phenoxy) is 1. The average molecular weight is 578 g/mol. The number of fused-ring (bicyclic) bond motifs is 5. The number of carbonyl (C=O) groups excluding carboxylic acids is 2. The lowest BCUT2D eigenvalue weighted by Gasteiger charge is -2.66. The number of piperidine rings is 1. The van der Waals surface area contributed by atoms with Gasteiger partial charge in [0, 0.05) is 42.5 Å². The van der Waals surface area contributed by atoms with Gasteiger partial charge in [0.2, 0.25) is 5.91 Å². The van der Waals surface area contributed by atoms with Gasteiger partial charge in [-0.2, -0.15) is 0 Å². The minimum atomic E-state index is -0.126. The number of rotatable bonds is 8. The van der Waals surface area contributed by atoms with Gasteiger partial charge in [-0.25, -0.2) is 0 Å². The summed E-state index contributed by atoms with van der Waals surface area (Å²) in [5.74, 6) is 3.17. The fraction of sp³-hybridized carbons (Fsp3) is 0.750. The Hall–Kier alpha value is -1.46. The molecule has 0 spiro atoms. The zero-order valence-corrected chi connectivity index (χ0v) is 25.5. The first-order valence-electron chi connectivity index (χ1n) is 15.1. The fourth-order valence-corrected chi connectivity index (χ4v) is 9.56. The van der Waals surface area contributed by atoms with E-state index < -0.39 is 0 Å². The topological polar surface area (TPSA) is 58.6 Å². The van der Waals surface area contributed by atoms with Crippen LogP contribution in [0.1, 0.15) is 84.1 Å². The number of anilines is 1. The monoisotopic (exact) mass is 576 g/mol. The van der Waals surface area contributed by atoms with Crippen molar-refractivity contribution in [3.63, 3.8) is 0 Å². The fourth-order valence-electron chi connectivity index (χ4n) is 9.16. The van der Waals surface area contributed by atoms with Gasteiger partial charge in [0.1, 0.15) is 6.10 Å². The molecule has 1 heterocycles. The zero-order chi connectivity index (χ0) is 27.8. The van der Waals surface area contributed by atoms with Gasteiger partial charge >= 0.3 is 5.97 Å². The molecule has 0 bridgehead atoms. The standard InChI is InChI=1S/C32H46Cl2N2O3/c1-30-13-11-25-26(12-15-32(3)27(25)8-9-28(37)35-32)31(30,2)14-10-24(21-30)39-29(38)20-22-4-6-23(7-5-22)36(18-16-33)19-17-34/h4-7,24-27H,8-21H2,1-3H3,(H,35,37)/t24-,25+,26-,27-,30-,31+,32-/m0/s1. The number of amides is 1. The van der Waals surface area contributed by atoms with E-state index in [2.05, 4.69) is 31.0 Å². The molecule has 0 unspecified atom stereocenters. The Bertz CT molecular complexity index is 1040. The van der Waals surface area contributed by atoms with Crippen LogP contribution in [0.4, 0.5) is 5.69 Å². The number of nitrogens with zero attached hydrogens (tertiary/aromatic N) is 1. The molecule has 39 heavy (non-hydrogen) atoms. The molecule has 1 saturated heterocycles. The highest BCUT2D eigenvalue weighted by atomic mass is 35.5. The van der Waals surface area contributed by atoms with Gasteiger partial charge < -0.3 is 15.0 Å². The summed E-state index contributed by atoms with van der Waals surface area (Å²) in [6, 6.07) is 8.11. The number of benzene rings is 1. The first kappa shape index (κ1) is 29.0. The lowest BCUT2D eigenvalue weighted by molar-refractivity contribution is -0.183. The maximum atomic E-state index is 13.0. The second kappa shape index (κ2) is 11.4. The molecule has 5 nitrogen and oxygen atoms in total. The molecule has 4 aliphatic rings. The molecule has 1 aliphatic heterocycles. The van der Waals surface area contributed by atoms with E-state index in [1.807, 2.05) is 24.3 Å². The van der Waals surface area contributed by atoms with Gasteiger partial charge in [0.05, 0.1) is 6.42 Å². The van der Waals surface area contributed by atoms with Crippen LogP contribution in [0.5, 0.6) is 0 Å². The summed E-state index contributed by atoms with van der Waals surface area (Å²) in [4.78, 5) is 27.3. The molecule has 216 valence electrons. The van der Waals surface area contributed by atoms with Crippen molar-refractivity contribution in [2.45, 2.75) is 96.6 Å². The molecule has 3 saturated carbocycles. The van der Waals surface area contributed by atoms with E-state index in [-0.39, 0.29) is 34.3 Å². The van der Waals surface area contributed by atoms with Crippen LogP contribution in [0, 0.1) is 28.6 Å². The Kier molecular flexibility index (Phi) is 8.51. The molecule has 3 aliphatic carbocycles. The predicted octanol–water partition coefficient (Wildman–Crippen LogP) is 6.73. The van der Waals surface area contributed by atoms with E-state index in [1.54, 1.807) is 0 Å². The highest BCUT2D eigenvalue weighted by Gasteiger charge is 2.62. The van der Waals surface area contributed by atoms with Crippen LogP contribution in [0.3, 0.4) is 0 Å². The second-order valence-corrected chi connectivity index (χ2v) is 14.3. The molecule has 5 rings (SSSR count). The first-order valence-corrected chi connectivity index (χ1v) is 16.1. The van der Waals surface area contributed by atoms with Crippen molar-refractivity contribution in [1.29, 1.82) is 0 Å². The summed E-state index contributed by atoms with van der Waals surface area (Å²) in [5, 5.41) is 3.38. The number of hydrogen-bond donors (Lipinski definition) is 1. The van der Waals surface area contributed by atoms with Crippen LogP contribution in [-0.4, -0.2) is 48.4 Å². The third-order valence-electron chi connectivity index (χ3n) is 11.5. The van der Waals surface area contributed by atoms with Gasteiger partial charge in [-0.05, 0) is 105 Å². The lowest BCUT2D eigenvalue weighted by Crippen LogP contribution is -2.65. The van der Waals surface area contributed by atoms with Gasteiger partial charge in [-0.1, -0.05) is 26.0 Å². The normalized spacial score (nSPS) is 37.6. The molecule has 1 aromatic carbocycles. The Morgan fingerprint density at radius 2 is 1.69 bits per heavy atom. The van der Waals surface area contributed by atoms with Crippen molar-refractivity contribution >= 4 is 40.8 Å². The van der Waals surface area contributed by atoms with Gasteiger partial charge in [-0.15, -0.1) is 23.2 Å². The molecule has 4 fully saturated rings. The van der Waals surface area contributed by atoms with Crippen LogP contribution in [0.25, 0.3) is 0 Å². The van der Waals surface area contributed by atoms with E-state index in [9.17, 15) is 9.59 Å². The van der Waals surface area contributed by atoms with Gasteiger partial charge in [0.25, 0.3) is 0 Å². The molecular weight excluding hydrogens is 531 g/mol. The summed E-state index contributed by atoms with van der Waals surface area (Å²) in [7, 11) is 0. The number of carbonyl (C=O) groups is 2. The number of esters is 1. The summed E-state index contributed by atoms with van der Waals surface area (Å²) in [6.45, 7) is 8.78. The van der Waals surface area contributed by atoms with Crippen LogP contribution in [0.2, 0.25) is 0 Å². The second-order valence-electron chi connectivity index (χ2n) is 13.5. The molecule has 7 atom stereocenters. The summed E-state index contributed by atoms with van der Waals surface area (Å²) >= 11 is 11.9. The summed E-state index contributed by atoms with van der Waals surface area (Å²) in [6.07, 6.45) is 9.72. The quantitative estimate of drug-likeness (QED) is 0.275. The summed E-state index contributed by atoms with van der Waals surface area (Å²) in [5.41, 5.74) is 2.45. The Morgan fingerprint density at radius 1 is 0.974 bits per heavy atom. The molecule has 0 radical (unpaired) electrons. The maximum Gasteiger partial charge on any atom is 0.310 e. The van der Waals surface area contributed by atoms with E-state index >= 15 is 0 Å². The molecule has 1 N–H and O–H groups in total. The maximum absolute atomic E-state index is 13.0. The van der Waals surface area contributed by atoms with Crippen LogP contribution < -0.4 is 10.2 Å². The van der Waals surface area contributed by atoms with E-state index in [0.29, 0.717) is 42.4 Å². The molecule has 7 heteroatoms. The van der Waals surface area contributed by atoms with Crippen LogP contribution in [-0.2, 0) is 20.7 Å². The Balaban J connectivity index is 1.19. The lowest BCUT2D eigenvalue weighted by atomic mass is 9.40. The number of alkyl halides is 2. The Labute approximate surface area is 244 Å². The third kappa shape index (κ3) is 5.56. The van der Waals surface area contributed by atoms with Gasteiger partial charge in [-0.3, -0.25) is 9.59 Å². The highest BCUT2D eigenvalue weighted by Crippen LogP contribution is 2.67. The highest BCUT2D eigenvalue weighted by molar-refractivity contribution is 6.18. The molecular formula is C32H46Cl2N2O3. The predicted molar refractivity (Wildman–Crippen MR) is 158 cm³/mol. The molecule has 1 amide bonds. The minimum absolute atomic E-state index is 0.00263. The number of halogens is 2. The molecule has 0 aromatic heterocycles. The van der Waals surface area contributed by atoms with Crippen molar-refractivity contribution in [3.8, 4) is 0 Å². The van der Waals surface area contributed by atoms with Crippen molar-refractivity contribution in [3.05, 3.63) is 29.8 Å².